The molecule has 0 N–H and O–H groups in total. The number of halogens is 1. The van der Waals surface area contributed by atoms with Crippen molar-refractivity contribution in [2.24, 2.45) is 0 Å². The van der Waals surface area contributed by atoms with Gasteiger partial charge in [0.2, 0.25) is 0 Å². The van der Waals surface area contributed by atoms with E-state index in [0.29, 0.717) is 0 Å². The van der Waals surface area contributed by atoms with Crippen LogP contribution in [0.3, 0.4) is 0 Å². The fourth-order valence-corrected chi connectivity index (χ4v) is 3.13. The van der Waals surface area contributed by atoms with Gasteiger partial charge in [-0.15, -0.1) is 10.2 Å². The minimum atomic E-state index is -4.94. The first kappa shape index (κ1) is 21.6. The maximum Gasteiger partial charge on any atom is 0.0405 e. The molecule has 4 aromatic rings. The average Bonchev–Trinajstić information content (AvgIpc) is 2.70. The topological polar surface area (TPSA) is 95.5 Å². The molecule has 0 unspecified atom stereocenters. The molecule has 0 fully saturated rings. The SMILES string of the molecule is CN(C)c1ccc(C#Cc2c3ccccc3cc3ccccc23)cc1.[O-][Cl+3]([O-])([O-])[O-]. The summed E-state index contributed by atoms with van der Waals surface area (Å²) >= 11 is 0. The Kier molecular flexibility index (Phi) is 6.58. The predicted octanol–water partition coefficient (Wildman–Crippen LogP) is 0.703. The normalized spacial score (nSPS) is 10.7. The van der Waals surface area contributed by atoms with E-state index in [-0.39, 0.29) is 0 Å². The molecular formula is C24H19ClNO4-. The van der Waals surface area contributed by atoms with Gasteiger partial charge in [-0.2, -0.15) is 0 Å². The van der Waals surface area contributed by atoms with Crippen molar-refractivity contribution in [2.75, 3.05) is 19.0 Å². The summed E-state index contributed by atoms with van der Waals surface area (Å²) in [5, 5.41) is 4.87. The minimum absolute atomic E-state index is 1.03. The summed E-state index contributed by atoms with van der Waals surface area (Å²) < 4.78 is 34.0. The van der Waals surface area contributed by atoms with Gasteiger partial charge in [0.1, 0.15) is 0 Å². The van der Waals surface area contributed by atoms with Gasteiger partial charge in [0.05, 0.1) is 0 Å². The van der Waals surface area contributed by atoms with Crippen molar-refractivity contribution in [3.63, 3.8) is 0 Å². The molecule has 0 atom stereocenters. The van der Waals surface area contributed by atoms with Crippen LogP contribution in [0, 0.1) is 22.1 Å². The second kappa shape index (κ2) is 9.14. The zero-order valence-corrected chi connectivity index (χ0v) is 17.2. The summed E-state index contributed by atoms with van der Waals surface area (Å²) in [6.07, 6.45) is 0. The van der Waals surface area contributed by atoms with E-state index >= 15 is 0 Å². The van der Waals surface area contributed by atoms with Gasteiger partial charge >= 0.3 is 0 Å². The van der Waals surface area contributed by atoms with Crippen LogP contribution in [-0.4, -0.2) is 14.1 Å². The average molecular weight is 421 g/mol. The van der Waals surface area contributed by atoms with Gasteiger partial charge in [-0.3, -0.25) is 0 Å². The standard InChI is InChI=1S/C24H19N.ClHO4/c1-25(2)21-14-11-18(12-15-21)13-16-24-22-9-5-3-7-19(22)17-20-8-4-6-10-23(20)24;2-1(3,4)5/h3-12,14-15,17H,1-2H3;(H,2,3,4,5)/p-1. The smallest absolute Gasteiger partial charge is 0.0405 e. The molecule has 0 spiro atoms. The summed E-state index contributed by atoms with van der Waals surface area (Å²) in [6, 6.07) is 27.5. The molecule has 4 rings (SSSR count). The highest BCUT2D eigenvalue weighted by Crippen LogP contribution is 2.27. The highest BCUT2D eigenvalue weighted by atomic mass is 35.7. The Balaban J connectivity index is 0.000000461. The maximum atomic E-state index is 8.49. The van der Waals surface area contributed by atoms with Crippen LogP contribution in [0.5, 0.6) is 0 Å². The van der Waals surface area contributed by atoms with E-state index in [4.69, 9.17) is 18.6 Å². The van der Waals surface area contributed by atoms with Crippen LogP contribution in [0.1, 0.15) is 11.1 Å². The molecule has 0 amide bonds. The van der Waals surface area contributed by atoms with Crippen LogP contribution < -0.4 is 23.5 Å². The van der Waals surface area contributed by atoms with Gasteiger partial charge in [-0.05, 0) is 51.9 Å². The van der Waals surface area contributed by atoms with Gasteiger partial charge in [0, 0.05) is 30.9 Å². The Labute approximate surface area is 177 Å². The summed E-state index contributed by atoms with van der Waals surface area (Å²) in [5.41, 5.74) is 3.31. The van der Waals surface area contributed by atoms with Crippen LogP contribution >= 0.6 is 0 Å². The predicted molar refractivity (Wildman–Crippen MR) is 108 cm³/mol. The lowest BCUT2D eigenvalue weighted by atomic mass is 9.97. The van der Waals surface area contributed by atoms with E-state index in [9.17, 15) is 0 Å². The molecule has 0 aliphatic carbocycles. The molecule has 0 bridgehead atoms. The van der Waals surface area contributed by atoms with Gasteiger partial charge in [0.25, 0.3) is 0 Å². The monoisotopic (exact) mass is 420 g/mol. The highest BCUT2D eigenvalue weighted by Gasteiger charge is 2.05. The second-order valence-electron chi connectivity index (χ2n) is 6.76. The van der Waals surface area contributed by atoms with E-state index in [1.165, 1.54) is 27.2 Å². The van der Waals surface area contributed by atoms with Crippen LogP contribution in [-0.2, 0) is 0 Å². The first-order valence-corrected chi connectivity index (χ1v) is 10.3. The lowest BCUT2D eigenvalue weighted by Gasteiger charge is -2.17. The molecule has 152 valence electrons. The first-order valence-electron chi connectivity index (χ1n) is 9.04. The van der Waals surface area contributed by atoms with Crippen molar-refractivity contribution in [1.82, 2.24) is 0 Å². The number of hydrogen-bond acceptors (Lipinski definition) is 5. The van der Waals surface area contributed by atoms with E-state index in [1.807, 2.05) is 14.1 Å². The summed E-state index contributed by atoms with van der Waals surface area (Å²) in [5.74, 6) is 6.77. The number of rotatable bonds is 1. The van der Waals surface area contributed by atoms with E-state index in [2.05, 4.69) is 95.6 Å². The molecule has 30 heavy (non-hydrogen) atoms. The fourth-order valence-electron chi connectivity index (χ4n) is 3.13. The molecule has 0 aliphatic heterocycles. The third-order valence-corrected chi connectivity index (χ3v) is 4.49. The third-order valence-electron chi connectivity index (χ3n) is 4.49. The van der Waals surface area contributed by atoms with Gasteiger partial charge in [-0.25, -0.2) is 18.6 Å². The quantitative estimate of drug-likeness (QED) is 0.333. The number of nitrogens with zero attached hydrogens (tertiary/aromatic N) is 1. The van der Waals surface area contributed by atoms with Gasteiger partial charge < -0.3 is 4.90 Å². The number of benzene rings is 4. The molecule has 0 radical (unpaired) electrons. The molecule has 0 aromatic heterocycles. The molecule has 6 heteroatoms. The van der Waals surface area contributed by atoms with Crippen LogP contribution in [0.4, 0.5) is 5.69 Å². The highest BCUT2D eigenvalue weighted by molar-refractivity contribution is 6.04. The van der Waals surface area contributed by atoms with Crippen molar-refractivity contribution >= 4 is 27.2 Å². The van der Waals surface area contributed by atoms with Crippen molar-refractivity contribution in [1.29, 1.82) is 0 Å². The van der Waals surface area contributed by atoms with Crippen molar-refractivity contribution in [3.8, 4) is 11.8 Å². The number of hydrogen-bond donors (Lipinski definition) is 0. The Hall–Kier alpha value is -3.11. The van der Waals surface area contributed by atoms with Crippen LogP contribution in [0.25, 0.3) is 21.5 Å². The summed E-state index contributed by atoms with van der Waals surface area (Å²) in [4.78, 5) is 2.09. The molecular weight excluding hydrogens is 402 g/mol. The fraction of sp³-hybridized carbons (Fsp3) is 0.0833. The zero-order valence-electron chi connectivity index (χ0n) is 16.5. The molecule has 5 nitrogen and oxygen atoms in total. The first-order chi connectivity index (χ1) is 14.2. The van der Waals surface area contributed by atoms with E-state index in [0.717, 1.165) is 11.1 Å². The lowest BCUT2D eigenvalue weighted by molar-refractivity contribution is -2.00. The number of fused-ring (bicyclic) bond motifs is 2. The minimum Gasteiger partial charge on any atom is -0.378 e. The molecule has 0 heterocycles. The Morgan fingerprint density at radius 1 is 0.667 bits per heavy atom. The van der Waals surface area contributed by atoms with Crippen LogP contribution in [0.2, 0.25) is 0 Å². The van der Waals surface area contributed by atoms with Crippen molar-refractivity contribution in [2.45, 2.75) is 0 Å². The molecule has 0 aliphatic rings. The molecule has 0 saturated heterocycles. The van der Waals surface area contributed by atoms with Crippen LogP contribution in [0.15, 0.2) is 78.9 Å². The molecule has 0 saturated carbocycles. The summed E-state index contributed by atoms with van der Waals surface area (Å²) in [7, 11) is -0.855. The van der Waals surface area contributed by atoms with Gasteiger partial charge in [0.15, 0.2) is 0 Å². The van der Waals surface area contributed by atoms with E-state index in [1.54, 1.807) is 0 Å². The molecule has 4 aromatic carbocycles. The van der Waals surface area contributed by atoms with Crippen molar-refractivity contribution < 1.29 is 28.9 Å². The number of anilines is 1. The zero-order chi connectivity index (χ0) is 21.7. The van der Waals surface area contributed by atoms with E-state index < -0.39 is 10.2 Å². The lowest BCUT2D eigenvalue weighted by Crippen LogP contribution is -2.68. The third kappa shape index (κ3) is 5.71. The largest absolute Gasteiger partial charge is 0.378 e. The van der Waals surface area contributed by atoms with Gasteiger partial charge in [-0.1, -0.05) is 60.4 Å². The Morgan fingerprint density at radius 3 is 1.60 bits per heavy atom. The Morgan fingerprint density at radius 2 is 1.13 bits per heavy atom. The second-order valence-corrected chi connectivity index (χ2v) is 7.52. The summed E-state index contributed by atoms with van der Waals surface area (Å²) in [6.45, 7) is 0. The Bertz CT molecular complexity index is 1160. The van der Waals surface area contributed by atoms with Crippen molar-refractivity contribution in [3.05, 3.63) is 90.0 Å². The maximum absolute atomic E-state index is 8.49.